The molecule has 7 nitrogen and oxygen atoms in total. The Labute approximate surface area is 114 Å². The summed E-state index contributed by atoms with van der Waals surface area (Å²) in [7, 11) is 1.55. The van der Waals surface area contributed by atoms with Gasteiger partial charge in [-0.2, -0.15) is 0 Å². The molecule has 2 amide bonds. The molecule has 3 N–H and O–H groups in total. The minimum Gasteiger partial charge on any atom is -0.480 e. The highest BCUT2D eigenvalue weighted by Crippen LogP contribution is 2.14. The molecule has 0 aliphatic heterocycles. The van der Waals surface area contributed by atoms with E-state index in [-0.39, 0.29) is 0 Å². The number of aryl methyl sites for hydroxylation is 1. The Morgan fingerprint density at radius 1 is 1.58 bits per heavy atom. The summed E-state index contributed by atoms with van der Waals surface area (Å²) in [5, 5.41) is 20.4. The van der Waals surface area contributed by atoms with Crippen molar-refractivity contribution in [2.24, 2.45) is 0 Å². The molecule has 2 atom stereocenters. The van der Waals surface area contributed by atoms with Crippen molar-refractivity contribution >= 4 is 23.3 Å². The van der Waals surface area contributed by atoms with Crippen molar-refractivity contribution in [1.29, 1.82) is 0 Å². The number of carbonyl (C=O) groups is 2. The maximum atomic E-state index is 11.8. The number of carbonyl (C=O) groups excluding carboxylic acids is 1. The standard InChI is InChI=1S/C11H17N3O4S/c1-6-8(19-5-12-6)4-14(3)11(18)13-9(7(2)15)10(16)17/h5,7,9,15H,4H2,1-3H3,(H,13,18)(H,16,17). The number of carboxylic acid groups (broad SMARTS) is 1. The van der Waals surface area contributed by atoms with Crippen molar-refractivity contribution in [3.05, 3.63) is 16.1 Å². The predicted octanol–water partition coefficient (Wildman–Crippen LogP) is 0.427. The van der Waals surface area contributed by atoms with Crippen LogP contribution in [0.2, 0.25) is 0 Å². The van der Waals surface area contributed by atoms with Gasteiger partial charge in [-0.25, -0.2) is 14.6 Å². The van der Waals surface area contributed by atoms with Gasteiger partial charge >= 0.3 is 12.0 Å². The van der Waals surface area contributed by atoms with Crippen LogP contribution in [-0.4, -0.2) is 51.3 Å². The van der Waals surface area contributed by atoms with Crippen LogP contribution in [0.1, 0.15) is 17.5 Å². The first kappa shape index (κ1) is 15.4. The van der Waals surface area contributed by atoms with Crippen LogP contribution in [-0.2, 0) is 11.3 Å². The molecule has 0 aliphatic rings. The average molecular weight is 287 g/mol. The highest BCUT2D eigenvalue weighted by atomic mass is 32.1. The Morgan fingerprint density at radius 3 is 2.63 bits per heavy atom. The fourth-order valence-corrected chi connectivity index (χ4v) is 2.23. The van der Waals surface area contributed by atoms with Gasteiger partial charge in [0.15, 0.2) is 6.04 Å². The number of aliphatic hydroxyl groups excluding tert-OH is 1. The number of hydrogen-bond donors (Lipinski definition) is 3. The topological polar surface area (TPSA) is 103 Å². The number of thiazole rings is 1. The number of nitrogens with one attached hydrogen (secondary N) is 1. The van der Waals surface area contributed by atoms with Crippen LogP contribution in [0.3, 0.4) is 0 Å². The summed E-state index contributed by atoms with van der Waals surface area (Å²) < 4.78 is 0. The van der Waals surface area contributed by atoms with E-state index in [1.54, 1.807) is 12.6 Å². The monoisotopic (exact) mass is 287 g/mol. The van der Waals surface area contributed by atoms with Crippen molar-refractivity contribution in [2.75, 3.05) is 7.05 Å². The number of carboxylic acids is 1. The van der Waals surface area contributed by atoms with Crippen LogP contribution in [0.4, 0.5) is 4.79 Å². The number of rotatable bonds is 5. The van der Waals surface area contributed by atoms with Gasteiger partial charge in [0.25, 0.3) is 0 Å². The zero-order chi connectivity index (χ0) is 14.6. The molecule has 106 valence electrons. The molecule has 1 aromatic heterocycles. The number of hydrogen-bond acceptors (Lipinski definition) is 5. The molecule has 0 radical (unpaired) electrons. The molecule has 1 heterocycles. The van der Waals surface area contributed by atoms with Gasteiger partial charge in [0.2, 0.25) is 0 Å². The Hall–Kier alpha value is -1.67. The Bertz CT molecular complexity index is 461. The molecule has 0 bridgehead atoms. The molecule has 0 aliphatic carbocycles. The van der Waals surface area contributed by atoms with Gasteiger partial charge in [-0.3, -0.25) is 0 Å². The fourth-order valence-electron chi connectivity index (χ4n) is 1.40. The van der Waals surface area contributed by atoms with Gasteiger partial charge in [0.05, 0.1) is 23.9 Å². The maximum Gasteiger partial charge on any atom is 0.328 e. The molecule has 0 saturated heterocycles. The summed E-state index contributed by atoms with van der Waals surface area (Å²) in [4.78, 5) is 29.0. The van der Waals surface area contributed by atoms with Crippen molar-refractivity contribution in [3.63, 3.8) is 0 Å². The Kier molecular flexibility index (Phi) is 5.25. The number of amides is 2. The molecule has 1 aromatic rings. The summed E-state index contributed by atoms with van der Waals surface area (Å²) >= 11 is 1.43. The highest BCUT2D eigenvalue weighted by molar-refractivity contribution is 7.09. The van der Waals surface area contributed by atoms with Crippen LogP contribution in [0, 0.1) is 6.92 Å². The second kappa shape index (κ2) is 6.48. The molecular weight excluding hydrogens is 270 g/mol. The lowest BCUT2D eigenvalue weighted by atomic mass is 10.2. The first-order chi connectivity index (χ1) is 8.82. The van der Waals surface area contributed by atoms with Gasteiger partial charge in [-0.05, 0) is 13.8 Å². The van der Waals surface area contributed by atoms with Crippen LogP contribution in [0.25, 0.3) is 0 Å². The molecular formula is C11H17N3O4S. The van der Waals surface area contributed by atoms with Crippen molar-refractivity contribution in [1.82, 2.24) is 15.2 Å². The molecule has 0 spiro atoms. The number of aromatic nitrogens is 1. The van der Waals surface area contributed by atoms with Crippen LogP contribution in [0.15, 0.2) is 5.51 Å². The van der Waals surface area contributed by atoms with Gasteiger partial charge in [-0.1, -0.05) is 0 Å². The molecule has 8 heteroatoms. The van der Waals surface area contributed by atoms with Gasteiger partial charge in [-0.15, -0.1) is 11.3 Å². The van der Waals surface area contributed by atoms with Crippen LogP contribution in [0.5, 0.6) is 0 Å². The average Bonchev–Trinajstić information content (AvgIpc) is 2.70. The van der Waals surface area contributed by atoms with E-state index in [4.69, 9.17) is 5.11 Å². The molecule has 19 heavy (non-hydrogen) atoms. The molecule has 2 unspecified atom stereocenters. The van der Waals surface area contributed by atoms with E-state index in [0.717, 1.165) is 10.6 Å². The minimum atomic E-state index is -1.32. The van der Waals surface area contributed by atoms with Crippen LogP contribution < -0.4 is 5.32 Å². The van der Waals surface area contributed by atoms with E-state index in [2.05, 4.69) is 10.3 Å². The number of urea groups is 1. The molecule has 1 rings (SSSR count). The second-order valence-electron chi connectivity index (χ2n) is 4.22. The third-order valence-corrected chi connectivity index (χ3v) is 3.52. The zero-order valence-electron chi connectivity index (χ0n) is 11.0. The molecule has 0 aromatic carbocycles. The normalized spacial score (nSPS) is 13.7. The summed E-state index contributed by atoms with van der Waals surface area (Å²) in [5.41, 5.74) is 2.53. The fraction of sp³-hybridized carbons (Fsp3) is 0.545. The lowest BCUT2D eigenvalue weighted by molar-refractivity contribution is -0.141. The zero-order valence-corrected chi connectivity index (χ0v) is 11.8. The summed E-state index contributed by atoms with van der Waals surface area (Å²) in [6.07, 6.45) is -1.17. The SMILES string of the molecule is Cc1ncsc1CN(C)C(=O)NC(C(=O)O)C(C)O. The second-order valence-corrected chi connectivity index (χ2v) is 5.16. The molecule has 0 fully saturated rings. The van der Waals surface area contributed by atoms with E-state index in [0.29, 0.717) is 6.54 Å². The van der Waals surface area contributed by atoms with E-state index in [1.165, 1.54) is 23.2 Å². The third kappa shape index (κ3) is 4.18. The van der Waals surface area contributed by atoms with Crippen molar-refractivity contribution < 1.29 is 19.8 Å². The van der Waals surface area contributed by atoms with Gasteiger partial charge in [0.1, 0.15) is 0 Å². The van der Waals surface area contributed by atoms with Crippen LogP contribution >= 0.6 is 11.3 Å². The van der Waals surface area contributed by atoms with E-state index >= 15 is 0 Å². The van der Waals surface area contributed by atoms with Gasteiger partial charge in [0, 0.05) is 11.9 Å². The van der Waals surface area contributed by atoms with E-state index < -0.39 is 24.1 Å². The minimum absolute atomic E-state index is 0.342. The van der Waals surface area contributed by atoms with Crippen molar-refractivity contribution in [2.45, 2.75) is 32.5 Å². The summed E-state index contributed by atoms with van der Waals surface area (Å²) in [6, 6.07) is -1.88. The summed E-state index contributed by atoms with van der Waals surface area (Å²) in [6.45, 7) is 3.49. The highest BCUT2D eigenvalue weighted by Gasteiger charge is 2.26. The van der Waals surface area contributed by atoms with Crippen molar-refractivity contribution in [3.8, 4) is 0 Å². The molecule has 0 saturated carbocycles. The smallest absolute Gasteiger partial charge is 0.328 e. The quantitative estimate of drug-likeness (QED) is 0.728. The predicted molar refractivity (Wildman–Crippen MR) is 70.0 cm³/mol. The van der Waals surface area contributed by atoms with Gasteiger partial charge < -0.3 is 20.4 Å². The number of aliphatic carboxylic acids is 1. The Balaban J connectivity index is 2.62. The lowest BCUT2D eigenvalue weighted by Gasteiger charge is -2.22. The third-order valence-electron chi connectivity index (χ3n) is 2.60. The van der Waals surface area contributed by atoms with E-state index in [9.17, 15) is 14.7 Å². The lowest BCUT2D eigenvalue weighted by Crippen LogP contribution is -2.51. The number of nitrogens with zero attached hydrogens (tertiary/aromatic N) is 2. The first-order valence-corrected chi connectivity index (χ1v) is 6.52. The summed E-state index contributed by atoms with van der Waals surface area (Å²) in [5.74, 6) is -1.27. The van der Waals surface area contributed by atoms with E-state index in [1.807, 2.05) is 6.92 Å². The first-order valence-electron chi connectivity index (χ1n) is 5.64. The Morgan fingerprint density at radius 2 is 2.21 bits per heavy atom. The largest absolute Gasteiger partial charge is 0.480 e. The maximum absolute atomic E-state index is 11.8. The number of aliphatic hydroxyl groups is 1.